The minimum absolute atomic E-state index is 0.234. The van der Waals surface area contributed by atoms with E-state index in [1.54, 1.807) is 24.0 Å². The fraction of sp³-hybridized carbons (Fsp3) is 0.333. The van der Waals surface area contributed by atoms with Crippen LogP contribution < -0.4 is 10.1 Å². The number of urea groups is 1. The molecule has 2 amide bonds. The van der Waals surface area contributed by atoms with Crippen molar-refractivity contribution in [1.29, 1.82) is 0 Å². The number of anilines is 1. The zero-order valence-electron chi connectivity index (χ0n) is 15.4. The lowest BCUT2D eigenvalue weighted by atomic mass is 9.98. The van der Waals surface area contributed by atoms with Crippen molar-refractivity contribution in [3.05, 3.63) is 54.6 Å². The molecule has 3 rings (SSSR count). The molecule has 142 valence electrons. The number of nitrogens with one attached hydrogen (secondary N) is 1. The predicted molar refractivity (Wildman–Crippen MR) is 103 cm³/mol. The summed E-state index contributed by atoms with van der Waals surface area (Å²) in [7, 11) is 0. The number of ether oxygens (including phenoxy) is 2. The summed E-state index contributed by atoms with van der Waals surface area (Å²) in [6.45, 7) is 3.12. The third-order valence-electron chi connectivity index (χ3n) is 4.43. The molecule has 27 heavy (non-hydrogen) atoms. The number of esters is 1. The highest BCUT2D eigenvalue weighted by atomic mass is 16.5. The fourth-order valence-electron chi connectivity index (χ4n) is 3.08. The molecule has 1 aliphatic rings. The van der Waals surface area contributed by atoms with Gasteiger partial charge in [-0.25, -0.2) is 4.79 Å². The van der Waals surface area contributed by atoms with Gasteiger partial charge in [-0.3, -0.25) is 4.79 Å². The van der Waals surface area contributed by atoms with E-state index >= 15 is 0 Å². The highest BCUT2D eigenvalue weighted by Gasteiger charge is 2.29. The van der Waals surface area contributed by atoms with Crippen molar-refractivity contribution >= 4 is 17.7 Å². The molecule has 1 heterocycles. The number of benzene rings is 2. The van der Waals surface area contributed by atoms with E-state index in [9.17, 15) is 9.59 Å². The Kier molecular flexibility index (Phi) is 6.30. The van der Waals surface area contributed by atoms with Crippen LogP contribution in [-0.4, -0.2) is 36.6 Å². The highest BCUT2D eigenvalue weighted by Crippen LogP contribution is 2.29. The van der Waals surface area contributed by atoms with Gasteiger partial charge in [0.1, 0.15) is 5.75 Å². The Hall–Kier alpha value is -3.02. The Bertz CT molecular complexity index is 779. The maximum absolute atomic E-state index is 12.7. The molecule has 1 aliphatic heterocycles. The van der Waals surface area contributed by atoms with Gasteiger partial charge < -0.3 is 19.7 Å². The van der Waals surface area contributed by atoms with Crippen LogP contribution in [0.15, 0.2) is 54.6 Å². The van der Waals surface area contributed by atoms with E-state index in [0.29, 0.717) is 36.9 Å². The minimum atomic E-state index is -0.264. The second-order valence-corrected chi connectivity index (χ2v) is 6.38. The highest BCUT2D eigenvalue weighted by molar-refractivity contribution is 5.91. The Morgan fingerprint density at radius 3 is 2.63 bits per heavy atom. The van der Waals surface area contributed by atoms with Crippen molar-refractivity contribution in [2.45, 2.75) is 19.8 Å². The molecule has 1 saturated heterocycles. The average molecular weight is 368 g/mol. The Morgan fingerprint density at radius 2 is 1.85 bits per heavy atom. The van der Waals surface area contributed by atoms with E-state index < -0.39 is 0 Å². The normalized spacial score (nSPS) is 16.5. The maximum atomic E-state index is 12.7. The van der Waals surface area contributed by atoms with Gasteiger partial charge in [0.2, 0.25) is 0 Å². The minimum Gasteiger partial charge on any atom is -0.466 e. The summed E-state index contributed by atoms with van der Waals surface area (Å²) >= 11 is 0. The van der Waals surface area contributed by atoms with Crippen LogP contribution in [0.4, 0.5) is 10.5 Å². The number of likely N-dealkylation sites (tertiary alicyclic amines) is 1. The molecular weight excluding hydrogens is 344 g/mol. The lowest BCUT2D eigenvalue weighted by molar-refractivity contribution is -0.149. The van der Waals surface area contributed by atoms with Crippen LogP contribution in [0.2, 0.25) is 0 Å². The first-order valence-corrected chi connectivity index (χ1v) is 9.22. The molecule has 0 aromatic heterocycles. The van der Waals surface area contributed by atoms with E-state index in [1.807, 2.05) is 42.5 Å². The quantitative estimate of drug-likeness (QED) is 0.800. The first-order chi connectivity index (χ1) is 13.2. The topological polar surface area (TPSA) is 67.9 Å². The number of para-hydroxylation sites is 3. The number of hydrogen-bond donors (Lipinski definition) is 1. The van der Waals surface area contributed by atoms with E-state index in [-0.39, 0.29) is 17.9 Å². The monoisotopic (exact) mass is 368 g/mol. The van der Waals surface area contributed by atoms with Gasteiger partial charge in [-0.2, -0.15) is 0 Å². The van der Waals surface area contributed by atoms with Crippen molar-refractivity contribution in [3.8, 4) is 11.5 Å². The van der Waals surface area contributed by atoms with Crippen molar-refractivity contribution in [2.75, 3.05) is 25.0 Å². The summed E-state index contributed by atoms with van der Waals surface area (Å²) in [6, 6.07) is 16.4. The summed E-state index contributed by atoms with van der Waals surface area (Å²) in [5, 5.41) is 2.90. The average Bonchev–Trinajstić information content (AvgIpc) is 2.70. The molecule has 0 aliphatic carbocycles. The Labute approximate surface area is 159 Å². The summed E-state index contributed by atoms with van der Waals surface area (Å²) in [6.07, 6.45) is 1.52. The second kappa shape index (κ2) is 9.07. The van der Waals surface area contributed by atoms with Crippen LogP contribution in [0, 0.1) is 5.92 Å². The summed E-state index contributed by atoms with van der Waals surface area (Å²) in [5.41, 5.74) is 0.588. The van der Waals surface area contributed by atoms with Gasteiger partial charge in [0, 0.05) is 13.1 Å². The molecule has 1 N–H and O–H groups in total. The lowest BCUT2D eigenvalue weighted by Crippen LogP contribution is -2.44. The number of rotatable bonds is 5. The van der Waals surface area contributed by atoms with Crippen LogP contribution in [0.1, 0.15) is 19.8 Å². The summed E-state index contributed by atoms with van der Waals surface area (Å²) in [5.74, 6) is 0.763. The van der Waals surface area contributed by atoms with E-state index in [1.165, 1.54) is 0 Å². The van der Waals surface area contributed by atoms with Crippen molar-refractivity contribution in [2.24, 2.45) is 5.92 Å². The van der Waals surface area contributed by atoms with E-state index in [0.717, 1.165) is 12.8 Å². The van der Waals surface area contributed by atoms with Crippen LogP contribution in [0.5, 0.6) is 11.5 Å². The van der Waals surface area contributed by atoms with Gasteiger partial charge in [-0.1, -0.05) is 30.3 Å². The molecule has 0 saturated carbocycles. The lowest BCUT2D eigenvalue weighted by Gasteiger charge is -2.31. The molecule has 6 heteroatoms. The summed E-state index contributed by atoms with van der Waals surface area (Å²) in [4.78, 5) is 26.3. The number of hydrogen-bond acceptors (Lipinski definition) is 4. The number of carbonyl (C=O) groups excluding carboxylic acids is 2. The molecule has 0 bridgehead atoms. The third kappa shape index (κ3) is 5.00. The molecule has 0 spiro atoms. The number of piperidine rings is 1. The van der Waals surface area contributed by atoms with E-state index in [4.69, 9.17) is 9.47 Å². The van der Waals surface area contributed by atoms with Crippen molar-refractivity contribution in [3.63, 3.8) is 0 Å². The van der Waals surface area contributed by atoms with Gasteiger partial charge in [0.15, 0.2) is 5.75 Å². The first-order valence-electron chi connectivity index (χ1n) is 9.22. The van der Waals surface area contributed by atoms with Gasteiger partial charge in [0.05, 0.1) is 18.2 Å². The van der Waals surface area contributed by atoms with Crippen LogP contribution in [-0.2, 0) is 9.53 Å². The molecule has 1 fully saturated rings. The van der Waals surface area contributed by atoms with Crippen LogP contribution in [0.3, 0.4) is 0 Å². The van der Waals surface area contributed by atoms with Crippen molar-refractivity contribution < 1.29 is 19.1 Å². The standard InChI is InChI=1S/C21H24N2O4/c1-2-26-20(24)16-9-8-14-23(15-16)21(25)22-18-12-6-7-13-19(18)27-17-10-4-3-5-11-17/h3-7,10-13,16H,2,8-9,14-15H2,1H3,(H,22,25). The zero-order valence-corrected chi connectivity index (χ0v) is 15.4. The Morgan fingerprint density at radius 1 is 1.11 bits per heavy atom. The fourth-order valence-corrected chi connectivity index (χ4v) is 3.08. The predicted octanol–water partition coefficient (Wildman–Crippen LogP) is 4.29. The number of carbonyl (C=O) groups is 2. The molecular formula is C21H24N2O4. The molecule has 0 radical (unpaired) electrons. The Balaban J connectivity index is 1.66. The largest absolute Gasteiger partial charge is 0.466 e. The number of nitrogens with zero attached hydrogens (tertiary/aromatic N) is 1. The number of amides is 2. The van der Waals surface area contributed by atoms with Crippen LogP contribution in [0.25, 0.3) is 0 Å². The van der Waals surface area contributed by atoms with Gasteiger partial charge in [-0.15, -0.1) is 0 Å². The van der Waals surface area contributed by atoms with Crippen molar-refractivity contribution in [1.82, 2.24) is 4.90 Å². The van der Waals surface area contributed by atoms with Gasteiger partial charge >= 0.3 is 12.0 Å². The molecule has 1 unspecified atom stereocenters. The SMILES string of the molecule is CCOC(=O)C1CCCN(C(=O)Nc2ccccc2Oc2ccccc2)C1. The molecule has 2 aromatic carbocycles. The van der Waals surface area contributed by atoms with Gasteiger partial charge in [0.25, 0.3) is 0 Å². The third-order valence-corrected chi connectivity index (χ3v) is 4.43. The maximum Gasteiger partial charge on any atom is 0.321 e. The molecule has 1 atom stereocenters. The van der Waals surface area contributed by atoms with Gasteiger partial charge in [-0.05, 0) is 44.0 Å². The smallest absolute Gasteiger partial charge is 0.321 e. The second-order valence-electron chi connectivity index (χ2n) is 6.38. The first kappa shape index (κ1) is 18.8. The van der Waals surface area contributed by atoms with Crippen LogP contribution >= 0.6 is 0 Å². The molecule has 6 nitrogen and oxygen atoms in total. The molecule has 2 aromatic rings. The summed E-state index contributed by atoms with van der Waals surface area (Å²) < 4.78 is 11.0. The zero-order chi connectivity index (χ0) is 19.1. The van der Waals surface area contributed by atoms with E-state index in [2.05, 4.69) is 5.32 Å².